The van der Waals surface area contributed by atoms with Crippen LogP contribution in [0.3, 0.4) is 0 Å². The Kier molecular flexibility index (Phi) is 4.16. The second-order valence-electron chi connectivity index (χ2n) is 6.82. The Labute approximate surface area is 115 Å². The molecule has 108 valence electrons. The first kappa shape index (κ1) is 14.4. The second-order valence-corrected chi connectivity index (χ2v) is 6.82. The van der Waals surface area contributed by atoms with Gasteiger partial charge in [0, 0.05) is 13.1 Å². The molecule has 1 saturated heterocycles. The molecule has 2 rings (SSSR count). The van der Waals surface area contributed by atoms with E-state index in [9.17, 15) is 14.7 Å². The highest BCUT2D eigenvalue weighted by molar-refractivity contribution is 5.85. The molecule has 1 saturated carbocycles. The fourth-order valence-electron chi connectivity index (χ4n) is 3.91. The average Bonchev–Trinajstić information content (AvgIpc) is 2.69. The molecule has 4 heteroatoms. The summed E-state index contributed by atoms with van der Waals surface area (Å²) in [4.78, 5) is 25.8. The number of nitrogens with zero attached hydrogens (tertiary/aromatic N) is 1. The number of amides is 1. The van der Waals surface area contributed by atoms with E-state index in [1.807, 2.05) is 11.8 Å². The number of carboxylic acid groups (broad SMARTS) is 1. The second kappa shape index (κ2) is 5.51. The summed E-state index contributed by atoms with van der Waals surface area (Å²) in [6.45, 7) is 7.97. The number of aliphatic carboxylic acids is 1. The zero-order chi connectivity index (χ0) is 14.2. The van der Waals surface area contributed by atoms with Crippen molar-refractivity contribution in [2.24, 2.45) is 29.6 Å². The van der Waals surface area contributed by atoms with Crippen molar-refractivity contribution in [3.8, 4) is 0 Å². The van der Waals surface area contributed by atoms with Crippen molar-refractivity contribution in [1.82, 2.24) is 4.90 Å². The lowest BCUT2D eigenvalue weighted by Crippen LogP contribution is -2.46. The van der Waals surface area contributed by atoms with E-state index < -0.39 is 11.9 Å². The molecule has 1 amide bonds. The Hall–Kier alpha value is -1.06. The lowest BCUT2D eigenvalue weighted by Gasteiger charge is -2.37. The molecule has 0 spiro atoms. The number of likely N-dealkylation sites (tertiary alicyclic amines) is 1. The van der Waals surface area contributed by atoms with Crippen LogP contribution < -0.4 is 0 Å². The highest BCUT2D eigenvalue weighted by atomic mass is 16.4. The van der Waals surface area contributed by atoms with Crippen molar-refractivity contribution in [2.45, 2.75) is 40.0 Å². The van der Waals surface area contributed by atoms with Gasteiger partial charge < -0.3 is 10.0 Å². The SMILES string of the molecule is CC1C[C@H](C(=O)N2CC(C)CC(C)C2)[C@H](C(=O)O)C1. The lowest BCUT2D eigenvalue weighted by atomic mass is 9.89. The van der Waals surface area contributed by atoms with Gasteiger partial charge in [0.2, 0.25) is 5.91 Å². The van der Waals surface area contributed by atoms with Gasteiger partial charge in [-0.05, 0) is 37.0 Å². The molecule has 0 aromatic carbocycles. The van der Waals surface area contributed by atoms with Gasteiger partial charge in [0.25, 0.3) is 0 Å². The number of hydrogen-bond donors (Lipinski definition) is 1. The van der Waals surface area contributed by atoms with Crippen molar-refractivity contribution in [2.75, 3.05) is 13.1 Å². The molecule has 3 unspecified atom stereocenters. The van der Waals surface area contributed by atoms with Gasteiger partial charge in [-0.2, -0.15) is 0 Å². The number of hydrogen-bond acceptors (Lipinski definition) is 2. The monoisotopic (exact) mass is 267 g/mol. The first-order valence-corrected chi connectivity index (χ1v) is 7.40. The molecule has 0 bridgehead atoms. The minimum atomic E-state index is -0.805. The Bertz CT molecular complexity index is 358. The summed E-state index contributed by atoms with van der Waals surface area (Å²) in [5.74, 6) is -0.115. The van der Waals surface area contributed by atoms with E-state index in [0.717, 1.165) is 25.9 Å². The molecule has 0 radical (unpaired) electrons. The molecule has 4 nitrogen and oxygen atoms in total. The molecule has 2 fully saturated rings. The first-order valence-electron chi connectivity index (χ1n) is 7.40. The Morgan fingerprint density at radius 1 is 0.895 bits per heavy atom. The fourth-order valence-corrected chi connectivity index (χ4v) is 3.91. The maximum absolute atomic E-state index is 12.6. The molecule has 1 aliphatic carbocycles. The Balaban J connectivity index is 2.07. The van der Waals surface area contributed by atoms with Crippen LogP contribution in [0.5, 0.6) is 0 Å². The van der Waals surface area contributed by atoms with E-state index in [1.54, 1.807) is 0 Å². The predicted octanol–water partition coefficient (Wildman–Crippen LogP) is 2.24. The molecular formula is C15H25NO3. The van der Waals surface area contributed by atoms with Crippen molar-refractivity contribution in [1.29, 1.82) is 0 Å². The highest BCUT2D eigenvalue weighted by Gasteiger charge is 2.43. The van der Waals surface area contributed by atoms with Gasteiger partial charge in [0.05, 0.1) is 11.8 Å². The van der Waals surface area contributed by atoms with Crippen LogP contribution in [0.15, 0.2) is 0 Å². The molecule has 0 aromatic heterocycles. The van der Waals surface area contributed by atoms with E-state index in [0.29, 0.717) is 24.2 Å². The van der Waals surface area contributed by atoms with Gasteiger partial charge in [0.1, 0.15) is 0 Å². The molecule has 19 heavy (non-hydrogen) atoms. The zero-order valence-electron chi connectivity index (χ0n) is 12.1. The van der Waals surface area contributed by atoms with Crippen molar-refractivity contribution >= 4 is 11.9 Å². The summed E-state index contributed by atoms with van der Waals surface area (Å²) in [5, 5.41) is 9.28. The van der Waals surface area contributed by atoms with Crippen molar-refractivity contribution < 1.29 is 14.7 Å². The third kappa shape index (κ3) is 3.10. The molecule has 1 aliphatic heterocycles. The van der Waals surface area contributed by atoms with Gasteiger partial charge in [0.15, 0.2) is 0 Å². The summed E-state index contributed by atoms with van der Waals surface area (Å²) in [6.07, 6.45) is 2.53. The minimum absolute atomic E-state index is 0.0788. The number of carboxylic acids is 1. The van der Waals surface area contributed by atoms with E-state index in [1.165, 1.54) is 0 Å². The quantitative estimate of drug-likeness (QED) is 0.834. The third-order valence-corrected chi connectivity index (χ3v) is 4.61. The van der Waals surface area contributed by atoms with Crippen molar-refractivity contribution in [3.05, 3.63) is 0 Å². The highest BCUT2D eigenvalue weighted by Crippen LogP contribution is 2.38. The normalized spacial score (nSPS) is 39.3. The van der Waals surface area contributed by atoms with Crippen molar-refractivity contribution in [3.63, 3.8) is 0 Å². The van der Waals surface area contributed by atoms with Crippen LogP contribution in [-0.2, 0) is 9.59 Å². The Morgan fingerprint density at radius 2 is 1.42 bits per heavy atom. The molecular weight excluding hydrogens is 242 g/mol. The molecule has 2 aliphatic rings. The summed E-state index contributed by atoms with van der Waals surface area (Å²) in [5.41, 5.74) is 0. The largest absolute Gasteiger partial charge is 0.481 e. The maximum atomic E-state index is 12.6. The minimum Gasteiger partial charge on any atom is -0.481 e. The molecule has 1 N–H and O–H groups in total. The number of carbonyl (C=O) groups excluding carboxylic acids is 1. The standard InChI is InChI=1S/C15H25NO3/c1-9-5-12(13(6-9)15(18)19)14(17)16-7-10(2)4-11(3)8-16/h9-13H,4-8H2,1-3H3,(H,18,19)/t9?,10?,11?,12-,13+/m0/s1. The third-order valence-electron chi connectivity index (χ3n) is 4.61. The van der Waals surface area contributed by atoms with Crippen LogP contribution in [0.2, 0.25) is 0 Å². The Morgan fingerprint density at radius 3 is 1.95 bits per heavy atom. The number of carbonyl (C=O) groups is 2. The van der Waals surface area contributed by atoms with Crippen LogP contribution >= 0.6 is 0 Å². The van der Waals surface area contributed by atoms with E-state index >= 15 is 0 Å². The average molecular weight is 267 g/mol. The summed E-state index contributed by atoms with van der Waals surface area (Å²) >= 11 is 0. The predicted molar refractivity (Wildman–Crippen MR) is 72.5 cm³/mol. The van der Waals surface area contributed by atoms with Gasteiger partial charge in [-0.3, -0.25) is 9.59 Å². The van der Waals surface area contributed by atoms with Gasteiger partial charge in [-0.1, -0.05) is 20.8 Å². The summed E-state index contributed by atoms with van der Waals surface area (Å²) in [7, 11) is 0. The van der Waals surface area contributed by atoms with Crippen LogP contribution in [0.25, 0.3) is 0 Å². The first-order chi connectivity index (χ1) is 8.88. The van der Waals surface area contributed by atoms with E-state index in [4.69, 9.17) is 0 Å². The van der Waals surface area contributed by atoms with Gasteiger partial charge in [-0.25, -0.2) is 0 Å². The number of piperidine rings is 1. The maximum Gasteiger partial charge on any atom is 0.307 e. The van der Waals surface area contributed by atoms with Gasteiger partial charge in [-0.15, -0.1) is 0 Å². The topological polar surface area (TPSA) is 57.6 Å². The molecule has 5 atom stereocenters. The van der Waals surface area contributed by atoms with E-state index in [-0.39, 0.29) is 11.8 Å². The fraction of sp³-hybridized carbons (Fsp3) is 0.867. The van der Waals surface area contributed by atoms with E-state index in [2.05, 4.69) is 13.8 Å². The van der Waals surface area contributed by atoms with Gasteiger partial charge >= 0.3 is 5.97 Å². The smallest absolute Gasteiger partial charge is 0.307 e. The number of rotatable bonds is 2. The van der Waals surface area contributed by atoms with Crippen LogP contribution in [0.4, 0.5) is 0 Å². The molecule has 0 aromatic rings. The van der Waals surface area contributed by atoms with Crippen LogP contribution in [0, 0.1) is 29.6 Å². The van der Waals surface area contributed by atoms with Crippen LogP contribution in [0.1, 0.15) is 40.0 Å². The summed E-state index contributed by atoms with van der Waals surface area (Å²) in [6, 6.07) is 0. The zero-order valence-corrected chi connectivity index (χ0v) is 12.1. The molecule has 1 heterocycles. The summed E-state index contributed by atoms with van der Waals surface area (Å²) < 4.78 is 0. The lowest BCUT2D eigenvalue weighted by molar-refractivity contribution is -0.150. The van der Waals surface area contributed by atoms with Crippen LogP contribution in [-0.4, -0.2) is 35.0 Å².